The molecule has 302 valence electrons. The van der Waals surface area contributed by atoms with Crippen molar-refractivity contribution < 1.29 is 19.1 Å². The van der Waals surface area contributed by atoms with Crippen LogP contribution < -0.4 is 32.4 Å². The molecule has 0 saturated carbocycles. The van der Waals surface area contributed by atoms with Crippen LogP contribution in [0, 0.1) is 0 Å². The molecule has 0 aliphatic heterocycles. The SMILES string of the molecule is CCCCCCCCN(CCCCOc1ccc(OCCCCN(CCCCCCCC)C(=O)[C@@H](N)CCCCN)cc1)C(=O)[C@@H](N)CCCCN. The van der Waals surface area contributed by atoms with Gasteiger partial charge in [-0.2, -0.15) is 0 Å². The molecule has 0 bridgehead atoms. The van der Waals surface area contributed by atoms with Crippen LogP contribution >= 0.6 is 0 Å². The minimum atomic E-state index is -0.446. The molecule has 10 nitrogen and oxygen atoms in total. The minimum Gasteiger partial charge on any atom is -0.494 e. The van der Waals surface area contributed by atoms with E-state index in [9.17, 15) is 9.59 Å². The van der Waals surface area contributed by atoms with E-state index in [2.05, 4.69) is 13.8 Å². The molecule has 1 aromatic rings. The third-order valence-corrected chi connectivity index (χ3v) is 9.77. The van der Waals surface area contributed by atoms with Crippen LogP contribution in [0.2, 0.25) is 0 Å². The summed E-state index contributed by atoms with van der Waals surface area (Å²) >= 11 is 0. The van der Waals surface area contributed by atoms with Gasteiger partial charge < -0.3 is 42.2 Å². The van der Waals surface area contributed by atoms with E-state index >= 15 is 0 Å². The Hall–Kier alpha value is -2.40. The zero-order valence-corrected chi connectivity index (χ0v) is 33.5. The summed E-state index contributed by atoms with van der Waals surface area (Å²) in [5.41, 5.74) is 23.8. The number of benzene rings is 1. The predicted molar refractivity (Wildman–Crippen MR) is 218 cm³/mol. The van der Waals surface area contributed by atoms with Crippen molar-refractivity contribution in [3.05, 3.63) is 24.3 Å². The first-order valence-corrected chi connectivity index (χ1v) is 21.2. The monoisotopic (exact) mass is 733 g/mol. The average molecular weight is 733 g/mol. The highest BCUT2D eigenvalue weighted by atomic mass is 16.5. The predicted octanol–water partition coefficient (Wildman–Crippen LogP) is 7.30. The van der Waals surface area contributed by atoms with Gasteiger partial charge in [0.05, 0.1) is 25.3 Å². The summed E-state index contributed by atoms with van der Waals surface area (Å²) in [6, 6.07) is 6.87. The molecule has 0 aliphatic rings. The van der Waals surface area contributed by atoms with E-state index in [1.54, 1.807) is 0 Å². The van der Waals surface area contributed by atoms with Crippen LogP contribution in [-0.2, 0) is 9.59 Å². The number of carbonyl (C=O) groups is 2. The van der Waals surface area contributed by atoms with Crippen molar-refractivity contribution in [2.45, 2.75) is 167 Å². The largest absolute Gasteiger partial charge is 0.494 e. The van der Waals surface area contributed by atoms with Crippen molar-refractivity contribution in [3.63, 3.8) is 0 Å². The molecule has 0 fully saturated rings. The molecule has 0 unspecified atom stereocenters. The van der Waals surface area contributed by atoms with Crippen molar-refractivity contribution in [2.75, 3.05) is 52.5 Å². The first-order valence-electron chi connectivity index (χ1n) is 21.2. The zero-order valence-electron chi connectivity index (χ0n) is 33.5. The molecule has 2 amide bonds. The van der Waals surface area contributed by atoms with E-state index in [0.717, 1.165) is 102 Å². The topological polar surface area (TPSA) is 163 Å². The summed E-state index contributed by atoms with van der Waals surface area (Å²) in [6.45, 7) is 9.87. The van der Waals surface area contributed by atoms with Crippen LogP contribution in [0.15, 0.2) is 24.3 Å². The van der Waals surface area contributed by atoms with Gasteiger partial charge in [0, 0.05) is 26.2 Å². The van der Waals surface area contributed by atoms with E-state index in [1.807, 2.05) is 34.1 Å². The molecule has 2 atom stereocenters. The van der Waals surface area contributed by atoms with Crippen LogP contribution in [0.5, 0.6) is 11.5 Å². The molecule has 8 N–H and O–H groups in total. The lowest BCUT2D eigenvalue weighted by Gasteiger charge is -2.26. The summed E-state index contributed by atoms with van der Waals surface area (Å²) in [6.07, 6.45) is 22.8. The Morgan fingerprint density at radius 1 is 0.500 bits per heavy atom. The third-order valence-electron chi connectivity index (χ3n) is 9.77. The van der Waals surface area contributed by atoms with E-state index in [0.29, 0.717) is 52.2 Å². The lowest BCUT2D eigenvalue weighted by molar-refractivity contribution is -0.133. The van der Waals surface area contributed by atoms with Gasteiger partial charge in [0.2, 0.25) is 11.8 Å². The number of hydrogen-bond donors (Lipinski definition) is 4. The fourth-order valence-electron chi connectivity index (χ4n) is 6.39. The molecular weight excluding hydrogens is 652 g/mol. The van der Waals surface area contributed by atoms with Crippen LogP contribution in [-0.4, -0.2) is 86.2 Å². The number of hydrogen-bond acceptors (Lipinski definition) is 8. The molecular formula is C42H80N6O4. The normalized spacial score (nSPS) is 12.4. The first-order chi connectivity index (χ1) is 25.4. The number of nitrogens with two attached hydrogens (primary N) is 4. The van der Waals surface area contributed by atoms with Gasteiger partial charge in [-0.1, -0.05) is 90.9 Å². The summed E-state index contributed by atoms with van der Waals surface area (Å²) in [4.78, 5) is 30.2. The second-order valence-corrected chi connectivity index (χ2v) is 14.6. The zero-order chi connectivity index (χ0) is 38.1. The van der Waals surface area contributed by atoms with Crippen LogP contribution in [0.1, 0.15) is 155 Å². The van der Waals surface area contributed by atoms with Gasteiger partial charge >= 0.3 is 0 Å². The number of carbonyl (C=O) groups excluding carboxylic acids is 2. The molecule has 0 aliphatic carbocycles. The lowest BCUT2D eigenvalue weighted by atomic mass is 10.1. The maximum atomic E-state index is 13.1. The number of unbranched alkanes of at least 4 members (excludes halogenated alkanes) is 14. The van der Waals surface area contributed by atoms with E-state index in [-0.39, 0.29) is 11.8 Å². The number of nitrogens with zero attached hydrogens (tertiary/aromatic N) is 2. The Kier molecular flexibility index (Phi) is 30.4. The highest BCUT2D eigenvalue weighted by molar-refractivity contribution is 5.82. The van der Waals surface area contributed by atoms with Gasteiger partial charge in [-0.25, -0.2) is 0 Å². The second kappa shape index (κ2) is 33.2. The smallest absolute Gasteiger partial charge is 0.239 e. The molecule has 0 heterocycles. The molecule has 1 aromatic carbocycles. The minimum absolute atomic E-state index is 0.0688. The van der Waals surface area contributed by atoms with Crippen molar-refractivity contribution in [1.29, 1.82) is 0 Å². The maximum absolute atomic E-state index is 13.1. The standard InChI is InChI=1S/C42H80N6O4/c1-3-5-7-9-11-17-31-47(41(49)39(45)23-13-15-29-43)33-19-21-35-51-37-25-27-38(28-26-37)52-36-22-20-34-48(32-18-12-10-8-6-4-2)42(50)40(46)24-14-16-30-44/h25-28,39-40H,3-24,29-36,43-46H2,1-2H3/t39-,40-/m0/s1. The maximum Gasteiger partial charge on any atom is 0.239 e. The van der Waals surface area contributed by atoms with Gasteiger partial charge in [0.25, 0.3) is 0 Å². The van der Waals surface area contributed by atoms with Crippen molar-refractivity contribution >= 4 is 11.8 Å². The molecule has 10 heteroatoms. The van der Waals surface area contributed by atoms with Gasteiger partial charge in [0.1, 0.15) is 11.5 Å². The summed E-state index contributed by atoms with van der Waals surface area (Å²) in [5.74, 6) is 1.75. The van der Waals surface area contributed by atoms with Crippen molar-refractivity contribution in [2.24, 2.45) is 22.9 Å². The molecule has 52 heavy (non-hydrogen) atoms. The van der Waals surface area contributed by atoms with Crippen molar-refractivity contribution in [3.8, 4) is 11.5 Å². The van der Waals surface area contributed by atoms with Gasteiger partial charge in [-0.15, -0.1) is 0 Å². The summed E-state index contributed by atoms with van der Waals surface area (Å²) in [5, 5.41) is 0. The Labute approximate surface area is 318 Å². The highest BCUT2D eigenvalue weighted by Gasteiger charge is 2.21. The van der Waals surface area contributed by atoms with Gasteiger partial charge in [-0.3, -0.25) is 9.59 Å². The summed E-state index contributed by atoms with van der Waals surface area (Å²) in [7, 11) is 0. The third kappa shape index (κ3) is 24.0. The highest BCUT2D eigenvalue weighted by Crippen LogP contribution is 2.19. The fourth-order valence-corrected chi connectivity index (χ4v) is 6.39. The lowest BCUT2D eigenvalue weighted by Crippen LogP contribution is -2.44. The van der Waals surface area contributed by atoms with Gasteiger partial charge in [-0.05, 0) is 102 Å². The number of rotatable bonds is 36. The quantitative estimate of drug-likeness (QED) is 0.0523. The Morgan fingerprint density at radius 2 is 0.827 bits per heavy atom. The van der Waals surface area contributed by atoms with Crippen LogP contribution in [0.3, 0.4) is 0 Å². The molecule has 0 aromatic heterocycles. The van der Waals surface area contributed by atoms with E-state index < -0.39 is 12.1 Å². The summed E-state index contributed by atoms with van der Waals surface area (Å²) < 4.78 is 12.0. The second-order valence-electron chi connectivity index (χ2n) is 14.6. The van der Waals surface area contributed by atoms with Crippen LogP contribution in [0.25, 0.3) is 0 Å². The molecule has 0 saturated heterocycles. The number of ether oxygens (including phenoxy) is 2. The average Bonchev–Trinajstić information content (AvgIpc) is 3.15. The van der Waals surface area contributed by atoms with Crippen molar-refractivity contribution in [1.82, 2.24) is 9.80 Å². The Bertz CT molecular complexity index is 905. The Balaban J connectivity index is 2.44. The molecule has 0 radical (unpaired) electrons. The fraction of sp³-hybridized carbons (Fsp3) is 0.810. The number of amides is 2. The molecule has 0 spiro atoms. The van der Waals surface area contributed by atoms with E-state index in [1.165, 1.54) is 51.4 Å². The van der Waals surface area contributed by atoms with E-state index in [4.69, 9.17) is 32.4 Å². The first kappa shape index (κ1) is 47.6. The van der Waals surface area contributed by atoms with Gasteiger partial charge in [0.15, 0.2) is 0 Å². The Morgan fingerprint density at radius 3 is 1.17 bits per heavy atom. The van der Waals surface area contributed by atoms with Crippen LogP contribution in [0.4, 0.5) is 0 Å². The molecule has 1 rings (SSSR count).